The molecule has 1 fully saturated rings. The van der Waals surface area contributed by atoms with Gasteiger partial charge in [-0.05, 0) is 54.7 Å². The lowest BCUT2D eigenvalue weighted by molar-refractivity contribution is -0.155. The molecule has 3 aromatic rings. The second-order valence-corrected chi connectivity index (χ2v) is 10.9. The zero-order valence-corrected chi connectivity index (χ0v) is 21.9. The molecule has 1 amide bonds. The van der Waals surface area contributed by atoms with Crippen LogP contribution in [-0.4, -0.2) is 26.2 Å². The molecule has 180 valence electrons. The van der Waals surface area contributed by atoms with E-state index in [-0.39, 0.29) is 28.8 Å². The number of nitrogens with zero attached hydrogens (tertiary/aromatic N) is 2. The van der Waals surface area contributed by atoms with Gasteiger partial charge in [-0.15, -0.1) is 0 Å². The van der Waals surface area contributed by atoms with Crippen LogP contribution in [0.2, 0.25) is 10.0 Å². The van der Waals surface area contributed by atoms with Crippen LogP contribution in [0.4, 0.5) is 0 Å². The summed E-state index contributed by atoms with van der Waals surface area (Å²) in [7, 11) is 0. The van der Waals surface area contributed by atoms with E-state index in [4.69, 9.17) is 23.2 Å². The predicted octanol–water partition coefficient (Wildman–Crippen LogP) is 6.63. The topological polar surface area (TPSA) is 66.1 Å². The van der Waals surface area contributed by atoms with Crippen LogP contribution in [0.1, 0.15) is 68.9 Å². The Bertz CT molecular complexity index is 1210. The molecule has 4 rings (SSSR count). The summed E-state index contributed by atoms with van der Waals surface area (Å²) in [5, 5.41) is 1.33. The maximum Gasteiger partial charge on any atom is 0.323 e. The average Bonchev–Trinajstić information content (AvgIpc) is 3.22. The van der Waals surface area contributed by atoms with Crippen molar-refractivity contribution in [2.24, 2.45) is 5.41 Å². The number of piperidine rings is 1. The molecular formula is C26H29Cl2N3O2S. The normalized spacial score (nSPS) is 23.0. The predicted molar refractivity (Wildman–Crippen MR) is 139 cm³/mol. The minimum atomic E-state index is -0.727. The maximum absolute atomic E-state index is 14.3. The third-order valence-electron chi connectivity index (χ3n) is 6.97. The lowest BCUT2D eigenvalue weighted by atomic mass is 9.66. The van der Waals surface area contributed by atoms with E-state index in [1.807, 2.05) is 49.4 Å². The van der Waals surface area contributed by atoms with E-state index in [2.05, 4.69) is 34.2 Å². The van der Waals surface area contributed by atoms with Gasteiger partial charge in [0.2, 0.25) is 5.91 Å². The van der Waals surface area contributed by atoms with Crippen LogP contribution in [0, 0.1) is 5.41 Å². The van der Waals surface area contributed by atoms with Gasteiger partial charge in [-0.25, -0.2) is 0 Å². The third kappa shape index (κ3) is 4.95. The van der Waals surface area contributed by atoms with Crippen molar-refractivity contribution in [3.8, 4) is 0 Å². The average molecular weight is 519 g/mol. The number of aromatic amines is 1. The highest BCUT2D eigenvalue weighted by atomic mass is 35.5. The second-order valence-electron chi connectivity index (χ2n) is 9.32. The van der Waals surface area contributed by atoms with E-state index >= 15 is 0 Å². The van der Waals surface area contributed by atoms with Crippen molar-refractivity contribution in [3.05, 3.63) is 85.2 Å². The van der Waals surface area contributed by atoms with E-state index in [9.17, 15) is 9.59 Å². The van der Waals surface area contributed by atoms with Gasteiger partial charge >= 0.3 is 4.87 Å². The van der Waals surface area contributed by atoms with E-state index < -0.39 is 5.41 Å². The minimum absolute atomic E-state index is 0.00790. The Kier molecular flexibility index (Phi) is 7.51. The summed E-state index contributed by atoms with van der Waals surface area (Å²) in [6.07, 6.45) is 2.68. The number of hydrogen-bond acceptors (Lipinski definition) is 4. The van der Waals surface area contributed by atoms with Gasteiger partial charge in [0.05, 0.1) is 11.5 Å². The standard InChI is InChI=1S/C26H29Cl2N3O2S/c1-4-20(5-2)31-23(16-9-11-18(27)12-10-16)21(17-7-6-8-19(28)13-17)14-26(3,24(31)32)15-22-29-25(33)34-30-22/h6-13,20-21,23H,4-5,14-15H2,1-3H3,(H,29,30,33). The number of carbonyl (C=O) groups is 1. The number of likely N-dealkylation sites (tertiary alicyclic amines) is 1. The molecule has 5 nitrogen and oxygen atoms in total. The van der Waals surface area contributed by atoms with Crippen LogP contribution in [-0.2, 0) is 11.2 Å². The van der Waals surface area contributed by atoms with Crippen LogP contribution in [0.15, 0.2) is 53.3 Å². The highest BCUT2D eigenvalue weighted by molar-refractivity contribution is 7.02. The Balaban J connectivity index is 1.88. The third-order valence-corrected chi connectivity index (χ3v) is 8.04. The summed E-state index contributed by atoms with van der Waals surface area (Å²) in [4.78, 5) is 30.7. The first kappa shape index (κ1) is 25.0. The molecule has 3 atom stereocenters. The molecule has 0 aliphatic carbocycles. The highest BCUT2D eigenvalue weighted by Crippen LogP contribution is 2.52. The van der Waals surface area contributed by atoms with Gasteiger partial charge in [0.15, 0.2) is 0 Å². The number of benzene rings is 2. The SMILES string of the molecule is CCC(CC)N1C(=O)C(C)(Cc2nsc(=O)[nH]2)CC(c2cccc(Cl)c2)C1c1ccc(Cl)cc1. The van der Waals surface area contributed by atoms with Crippen molar-refractivity contribution in [2.75, 3.05) is 0 Å². The van der Waals surface area contributed by atoms with Gasteiger partial charge in [-0.2, -0.15) is 4.37 Å². The van der Waals surface area contributed by atoms with Crippen molar-refractivity contribution >= 4 is 40.6 Å². The summed E-state index contributed by atoms with van der Waals surface area (Å²) in [6.45, 7) is 6.25. The molecule has 1 saturated heterocycles. The number of H-pyrrole nitrogens is 1. The molecule has 2 aromatic carbocycles. The number of amides is 1. The van der Waals surface area contributed by atoms with E-state index in [0.717, 1.165) is 35.5 Å². The fourth-order valence-corrected chi connectivity index (χ4v) is 6.13. The lowest BCUT2D eigenvalue weighted by Crippen LogP contribution is -2.56. The number of carbonyl (C=O) groups excluding carboxylic acids is 1. The van der Waals surface area contributed by atoms with Crippen LogP contribution in [0.25, 0.3) is 0 Å². The highest BCUT2D eigenvalue weighted by Gasteiger charge is 2.51. The first-order chi connectivity index (χ1) is 16.3. The fraction of sp³-hybridized carbons (Fsp3) is 0.423. The van der Waals surface area contributed by atoms with Gasteiger partial charge in [0.1, 0.15) is 5.82 Å². The number of aromatic nitrogens is 2. The zero-order valence-electron chi connectivity index (χ0n) is 19.6. The van der Waals surface area contributed by atoms with Crippen molar-refractivity contribution in [1.29, 1.82) is 0 Å². The molecule has 3 unspecified atom stereocenters. The maximum atomic E-state index is 14.3. The molecule has 0 bridgehead atoms. The Hall–Kier alpha value is -2.15. The first-order valence-corrected chi connectivity index (χ1v) is 13.2. The summed E-state index contributed by atoms with van der Waals surface area (Å²) < 4.78 is 4.27. The molecular weight excluding hydrogens is 489 g/mol. The van der Waals surface area contributed by atoms with E-state index in [0.29, 0.717) is 28.7 Å². The molecule has 1 N–H and O–H groups in total. The largest absolute Gasteiger partial charge is 0.332 e. The van der Waals surface area contributed by atoms with Gasteiger partial charge in [0, 0.05) is 40.0 Å². The van der Waals surface area contributed by atoms with Crippen LogP contribution < -0.4 is 4.87 Å². The van der Waals surface area contributed by atoms with Crippen molar-refractivity contribution < 1.29 is 4.79 Å². The van der Waals surface area contributed by atoms with E-state index in [1.54, 1.807) is 0 Å². The van der Waals surface area contributed by atoms with E-state index in [1.165, 1.54) is 0 Å². The monoisotopic (exact) mass is 517 g/mol. The molecule has 1 aliphatic heterocycles. The summed E-state index contributed by atoms with van der Waals surface area (Å²) in [5.41, 5.74) is 1.42. The zero-order chi connectivity index (χ0) is 24.5. The summed E-state index contributed by atoms with van der Waals surface area (Å²) in [6, 6.07) is 15.6. The summed E-state index contributed by atoms with van der Waals surface area (Å²) in [5.74, 6) is 0.659. The van der Waals surface area contributed by atoms with Gasteiger partial charge in [-0.3, -0.25) is 14.6 Å². The number of halogens is 2. The summed E-state index contributed by atoms with van der Waals surface area (Å²) >= 11 is 13.5. The van der Waals surface area contributed by atoms with Crippen LogP contribution in [0.5, 0.6) is 0 Å². The minimum Gasteiger partial charge on any atom is -0.332 e. The Morgan fingerprint density at radius 1 is 1.09 bits per heavy atom. The molecule has 34 heavy (non-hydrogen) atoms. The van der Waals surface area contributed by atoms with Gasteiger partial charge < -0.3 is 4.90 Å². The molecule has 1 aromatic heterocycles. The molecule has 1 aliphatic rings. The quantitative estimate of drug-likeness (QED) is 0.382. The van der Waals surface area contributed by atoms with Gasteiger partial charge in [-0.1, -0.05) is 68.2 Å². The molecule has 0 saturated carbocycles. The van der Waals surface area contributed by atoms with Crippen LogP contribution in [0.3, 0.4) is 0 Å². The van der Waals surface area contributed by atoms with Crippen molar-refractivity contribution in [3.63, 3.8) is 0 Å². The van der Waals surface area contributed by atoms with Crippen LogP contribution >= 0.6 is 34.7 Å². The second kappa shape index (κ2) is 10.2. The number of nitrogens with one attached hydrogen (secondary N) is 1. The Labute approximate surface area is 214 Å². The smallest absolute Gasteiger partial charge is 0.323 e. The molecule has 0 radical (unpaired) electrons. The Morgan fingerprint density at radius 2 is 1.79 bits per heavy atom. The molecule has 0 spiro atoms. The first-order valence-electron chi connectivity index (χ1n) is 11.6. The Morgan fingerprint density at radius 3 is 2.38 bits per heavy atom. The number of hydrogen-bond donors (Lipinski definition) is 1. The molecule has 8 heteroatoms. The van der Waals surface area contributed by atoms with Crippen molar-refractivity contribution in [2.45, 2.75) is 64.5 Å². The molecule has 2 heterocycles. The number of rotatable bonds is 7. The fourth-order valence-electron chi connectivity index (χ4n) is 5.34. The lowest BCUT2D eigenvalue weighted by Gasteiger charge is -2.52. The van der Waals surface area contributed by atoms with Gasteiger partial charge in [0.25, 0.3) is 0 Å². The van der Waals surface area contributed by atoms with Crippen molar-refractivity contribution in [1.82, 2.24) is 14.3 Å².